The van der Waals surface area contributed by atoms with Crippen molar-refractivity contribution in [1.82, 2.24) is 4.72 Å². The van der Waals surface area contributed by atoms with Crippen LogP contribution in [-0.4, -0.2) is 25.0 Å². The third kappa shape index (κ3) is 3.89. The summed E-state index contributed by atoms with van der Waals surface area (Å²) in [7, 11) is -4.17. The number of carboxylic acids is 1. The number of nitrogens with one attached hydrogen (secondary N) is 1. The predicted octanol–water partition coefficient (Wildman–Crippen LogP) is 2.25. The van der Waals surface area contributed by atoms with Gasteiger partial charge in [0.15, 0.2) is 0 Å². The molecule has 0 aliphatic carbocycles. The van der Waals surface area contributed by atoms with Crippen LogP contribution in [0.1, 0.15) is 31.1 Å². The van der Waals surface area contributed by atoms with Crippen LogP contribution in [0.15, 0.2) is 17.0 Å². The molecule has 2 N–H and O–H groups in total. The smallest absolute Gasteiger partial charge is 0.337 e. The van der Waals surface area contributed by atoms with E-state index in [2.05, 4.69) is 4.72 Å². The minimum Gasteiger partial charge on any atom is -0.478 e. The van der Waals surface area contributed by atoms with E-state index in [1.807, 2.05) is 0 Å². The lowest BCUT2D eigenvalue weighted by Gasteiger charge is -2.20. The Labute approximate surface area is 115 Å². The zero-order chi connectivity index (χ0) is 15.0. The Morgan fingerprint density at radius 2 is 1.89 bits per heavy atom. The summed E-state index contributed by atoms with van der Waals surface area (Å²) in [5, 5.41) is 8.50. The second-order valence-electron chi connectivity index (χ2n) is 4.92. The average Bonchev–Trinajstić information content (AvgIpc) is 2.11. The van der Waals surface area contributed by atoms with E-state index in [0.717, 1.165) is 0 Å². The molecular formula is C11H13ClFNO4S. The molecule has 0 heterocycles. The number of hydrogen-bond acceptors (Lipinski definition) is 3. The first-order valence-electron chi connectivity index (χ1n) is 5.20. The maximum Gasteiger partial charge on any atom is 0.337 e. The van der Waals surface area contributed by atoms with Crippen LogP contribution < -0.4 is 4.72 Å². The largest absolute Gasteiger partial charge is 0.478 e. The molecule has 1 aromatic carbocycles. The van der Waals surface area contributed by atoms with Gasteiger partial charge in [-0.2, -0.15) is 0 Å². The standard InChI is InChI=1S/C11H13ClFNO4S/c1-11(2,3)14-19(17,18)9-4-6(10(15)16)7(12)5-8(9)13/h4-5,14H,1-3H3,(H,15,16). The topological polar surface area (TPSA) is 83.5 Å². The fourth-order valence-electron chi connectivity index (χ4n) is 1.36. The second kappa shape index (κ2) is 5.07. The number of halogens is 2. The highest BCUT2D eigenvalue weighted by Gasteiger charge is 2.27. The number of sulfonamides is 1. The normalized spacial score (nSPS) is 12.5. The van der Waals surface area contributed by atoms with E-state index in [1.165, 1.54) is 0 Å². The highest BCUT2D eigenvalue weighted by atomic mass is 35.5. The number of rotatable bonds is 3. The van der Waals surface area contributed by atoms with Gasteiger partial charge in [0.2, 0.25) is 10.0 Å². The van der Waals surface area contributed by atoms with E-state index >= 15 is 0 Å². The van der Waals surface area contributed by atoms with Crippen molar-refractivity contribution < 1.29 is 22.7 Å². The van der Waals surface area contributed by atoms with E-state index in [0.29, 0.717) is 12.1 Å². The van der Waals surface area contributed by atoms with Crippen LogP contribution in [0.25, 0.3) is 0 Å². The first kappa shape index (κ1) is 15.9. The molecule has 0 radical (unpaired) electrons. The van der Waals surface area contributed by atoms with Crippen molar-refractivity contribution in [3.63, 3.8) is 0 Å². The third-order valence-corrected chi connectivity index (χ3v) is 4.07. The van der Waals surface area contributed by atoms with Crippen molar-refractivity contribution in [1.29, 1.82) is 0 Å². The van der Waals surface area contributed by atoms with Crippen LogP contribution in [0.2, 0.25) is 5.02 Å². The summed E-state index contributed by atoms with van der Waals surface area (Å²) in [5.74, 6) is -2.54. The van der Waals surface area contributed by atoms with Crippen molar-refractivity contribution in [2.24, 2.45) is 0 Å². The summed E-state index contributed by atoms with van der Waals surface area (Å²) in [4.78, 5) is 10.1. The van der Waals surface area contributed by atoms with Gasteiger partial charge < -0.3 is 5.11 Å². The lowest BCUT2D eigenvalue weighted by molar-refractivity contribution is 0.0696. The number of carboxylic acid groups (broad SMARTS) is 1. The molecule has 5 nitrogen and oxygen atoms in total. The van der Waals surface area contributed by atoms with Gasteiger partial charge in [-0.05, 0) is 32.9 Å². The average molecular weight is 310 g/mol. The van der Waals surface area contributed by atoms with Crippen LogP contribution in [0.4, 0.5) is 4.39 Å². The highest BCUT2D eigenvalue weighted by Crippen LogP contribution is 2.24. The molecule has 1 aromatic rings. The van der Waals surface area contributed by atoms with E-state index in [1.54, 1.807) is 20.8 Å². The fraction of sp³-hybridized carbons (Fsp3) is 0.364. The first-order chi connectivity index (χ1) is 8.44. The number of carbonyl (C=O) groups is 1. The van der Waals surface area contributed by atoms with Gasteiger partial charge in [-0.25, -0.2) is 22.3 Å². The molecular weight excluding hydrogens is 297 g/mol. The van der Waals surface area contributed by atoms with Gasteiger partial charge in [-0.3, -0.25) is 0 Å². The van der Waals surface area contributed by atoms with E-state index < -0.39 is 37.8 Å². The van der Waals surface area contributed by atoms with Crippen molar-refractivity contribution in [3.8, 4) is 0 Å². The number of aromatic carboxylic acids is 1. The van der Waals surface area contributed by atoms with Gasteiger partial charge in [0.25, 0.3) is 0 Å². The Morgan fingerprint density at radius 1 is 1.37 bits per heavy atom. The maximum absolute atomic E-state index is 13.7. The third-order valence-electron chi connectivity index (χ3n) is 1.98. The van der Waals surface area contributed by atoms with Crippen molar-refractivity contribution in [2.45, 2.75) is 31.2 Å². The quantitative estimate of drug-likeness (QED) is 0.897. The molecule has 0 aromatic heterocycles. The summed E-state index contributed by atoms with van der Waals surface area (Å²) in [6.07, 6.45) is 0. The number of hydrogen-bond donors (Lipinski definition) is 2. The van der Waals surface area contributed by atoms with Crippen molar-refractivity contribution in [2.75, 3.05) is 0 Å². The minimum atomic E-state index is -4.17. The van der Waals surface area contributed by atoms with Gasteiger partial charge >= 0.3 is 5.97 Å². The molecule has 0 fully saturated rings. The van der Waals surface area contributed by atoms with Gasteiger partial charge in [-0.15, -0.1) is 0 Å². The molecule has 106 valence electrons. The summed E-state index contributed by atoms with van der Waals surface area (Å²) in [5.41, 5.74) is -1.30. The Kier molecular flexibility index (Phi) is 4.23. The van der Waals surface area contributed by atoms with Crippen LogP contribution in [0, 0.1) is 5.82 Å². The van der Waals surface area contributed by atoms with Crippen LogP contribution >= 0.6 is 11.6 Å². The molecule has 0 aliphatic rings. The van der Waals surface area contributed by atoms with Gasteiger partial charge in [0, 0.05) is 5.54 Å². The summed E-state index contributed by atoms with van der Waals surface area (Å²) in [6, 6.07) is 1.37. The fourth-order valence-corrected chi connectivity index (χ4v) is 3.09. The Hall–Kier alpha value is -1.18. The molecule has 0 unspecified atom stereocenters. The molecule has 8 heteroatoms. The first-order valence-corrected chi connectivity index (χ1v) is 7.06. The highest BCUT2D eigenvalue weighted by molar-refractivity contribution is 7.89. The predicted molar refractivity (Wildman–Crippen MR) is 68.4 cm³/mol. The lowest BCUT2D eigenvalue weighted by Crippen LogP contribution is -2.40. The van der Waals surface area contributed by atoms with E-state index in [-0.39, 0.29) is 5.02 Å². The Morgan fingerprint density at radius 3 is 2.32 bits per heavy atom. The lowest BCUT2D eigenvalue weighted by atomic mass is 10.1. The molecule has 0 saturated carbocycles. The van der Waals surface area contributed by atoms with Crippen molar-refractivity contribution in [3.05, 3.63) is 28.5 Å². The van der Waals surface area contributed by atoms with Crippen LogP contribution in [0.5, 0.6) is 0 Å². The number of benzene rings is 1. The summed E-state index contributed by atoms with van der Waals surface area (Å²) in [6.45, 7) is 4.74. The molecule has 1 rings (SSSR count). The van der Waals surface area contributed by atoms with Gasteiger partial charge in [0.1, 0.15) is 10.7 Å². The van der Waals surface area contributed by atoms with Crippen LogP contribution in [-0.2, 0) is 10.0 Å². The van der Waals surface area contributed by atoms with Crippen molar-refractivity contribution >= 4 is 27.6 Å². The molecule has 0 saturated heterocycles. The van der Waals surface area contributed by atoms with E-state index in [9.17, 15) is 17.6 Å². The molecule has 19 heavy (non-hydrogen) atoms. The zero-order valence-electron chi connectivity index (χ0n) is 10.5. The molecule has 0 spiro atoms. The minimum absolute atomic E-state index is 0.361. The van der Waals surface area contributed by atoms with Gasteiger partial charge in [-0.1, -0.05) is 11.6 Å². The Balaban J connectivity index is 3.43. The second-order valence-corrected chi connectivity index (χ2v) is 6.98. The van der Waals surface area contributed by atoms with Crippen LogP contribution in [0.3, 0.4) is 0 Å². The molecule has 0 amide bonds. The molecule has 0 aliphatic heterocycles. The SMILES string of the molecule is CC(C)(C)NS(=O)(=O)c1cc(C(=O)O)c(Cl)cc1F. The zero-order valence-corrected chi connectivity index (χ0v) is 12.1. The van der Waals surface area contributed by atoms with Gasteiger partial charge in [0.05, 0.1) is 10.6 Å². The Bertz CT molecular complexity index is 622. The molecule has 0 atom stereocenters. The monoisotopic (exact) mass is 309 g/mol. The maximum atomic E-state index is 13.7. The molecule has 0 bridgehead atoms. The summed E-state index contributed by atoms with van der Waals surface area (Å²) >= 11 is 5.54. The van der Waals surface area contributed by atoms with E-state index in [4.69, 9.17) is 16.7 Å². The summed E-state index contributed by atoms with van der Waals surface area (Å²) < 4.78 is 39.8.